The third-order valence-corrected chi connectivity index (χ3v) is 5.56. The Morgan fingerprint density at radius 3 is 2.55 bits per heavy atom. The maximum atomic E-state index is 5.90. The molecule has 2 saturated carbocycles. The van der Waals surface area contributed by atoms with Gasteiger partial charge in [-0.1, -0.05) is 13.3 Å². The van der Waals surface area contributed by atoms with Gasteiger partial charge in [-0.2, -0.15) is 0 Å². The fraction of sp³-hybridized carbons (Fsp3) is 0.938. The molecule has 0 amide bonds. The lowest BCUT2D eigenvalue weighted by Gasteiger charge is -2.61. The molecular formula is C16H30IN3O2. The summed E-state index contributed by atoms with van der Waals surface area (Å²) in [5.41, 5.74) is 0.635. The van der Waals surface area contributed by atoms with Crippen molar-refractivity contribution in [3.63, 3.8) is 0 Å². The maximum Gasteiger partial charge on any atom is 0.191 e. The molecule has 2 unspecified atom stereocenters. The predicted octanol–water partition coefficient (Wildman–Crippen LogP) is 2.15. The van der Waals surface area contributed by atoms with Crippen molar-refractivity contribution in [1.82, 2.24) is 10.6 Å². The molecule has 5 nitrogen and oxygen atoms in total. The van der Waals surface area contributed by atoms with Gasteiger partial charge < -0.3 is 20.1 Å². The molecule has 1 aliphatic heterocycles. The smallest absolute Gasteiger partial charge is 0.191 e. The van der Waals surface area contributed by atoms with Gasteiger partial charge in [0.25, 0.3) is 0 Å². The van der Waals surface area contributed by atoms with E-state index in [9.17, 15) is 0 Å². The number of guanidine groups is 1. The van der Waals surface area contributed by atoms with Gasteiger partial charge in [-0.05, 0) is 26.2 Å². The Morgan fingerprint density at radius 1 is 1.36 bits per heavy atom. The van der Waals surface area contributed by atoms with E-state index in [1.807, 2.05) is 7.05 Å². The van der Waals surface area contributed by atoms with Crippen LogP contribution >= 0.6 is 24.0 Å². The quantitative estimate of drug-likeness (QED) is 0.404. The minimum absolute atomic E-state index is 0. The van der Waals surface area contributed by atoms with Crippen molar-refractivity contribution >= 4 is 29.9 Å². The van der Waals surface area contributed by atoms with Crippen molar-refractivity contribution in [2.24, 2.45) is 15.8 Å². The lowest BCUT2D eigenvalue weighted by molar-refractivity contribution is -0.168. The first-order valence-corrected chi connectivity index (χ1v) is 8.28. The Morgan fingerprint density at radius 2 is 2.09 bits per heavy atom. The molecule has 1 spiro atoms. The summed E-state index contributed by atoms with van der Waals surface area (Å²) in [4.78, 5) is 4.38. The Balaban J connectivity index is 0.00000176. The SMILES string of the molecule is CCOC1CC(NC(=NC)NCC2(C)COC2)C12CCC2.I. The van der Waals surface area contributed by atoms with Crippen molar-refractivity contribution in [2.45, 2.75) is 51.7 Å². The topological polar surface area (TPSA) is 54.9 Å². The molecule has 2 aliphatic carbocycles. The average molecular weight is 423 g/mol. The van der Waals surface area contributed by atoms with Gasteiger partial charge in [-0.25, -0.2) is 0 Å². The van der Waals surface area contributed by atoms with E-state index in [-0.39, 0.29) is 29.4 Å². The molecule has 1 saturated heterocycles. The molecule has 3 rings (SSSR count). The van der Waals surface area contributed by atoms with Crippen LogP contribution in [0.3, 0.4) is 0 Å². The van der Waals surface area contributed by atoms with E-state index in [4.69, 9.17) is 9.47 Å². The van der Waals surface area contributed by atoms with Gasteiger partial charge in [0, 0.05) is 37.1 Å². The molecule has 2 atom stereocenters. The van der Waals surface area contributed by atoms with Gasteiger partial charge in [-0.15, -0.1) is 24.0 Å². The van der Waals surface area contributed by atoms with Crippen LogP contribution in [-0.4, -0.2) is 51.5 Å². The normalized spacial score (nSPS) is 31.3. The van der Waals surface area contributed by atoms with Gasteiger partial charge >= 0.3 is 0 Å². The monoisotopic (exact) mass is 423 g/mol. The van der Waals surface area contributed by atoms with Crippen LogP contribution in [0.4, 0.5) is 0 Å². The summed E-state index contributed by atoms with van der Waals surface area (Å²) in [5, 5.41) is 7.08. The predicted molar refractivity (Wildman–Crippen MR) is 98.9 cm³/mol. The standard InChI is InChI=1S/C16H29N3O2.HI/c1-4-21-13-8-12(16(13)6-5-7-16)19-14(17-3)18-9-15(2)10-20-11-15;/h12-13H,4-11H2,1-3H3,(H2,17,18,19);1H. The Kier molecular flexibility index (Phi) is 5.99. The largest absolute Gasteiger partial charge is 0.380 e. The van der Waals surface area contributed by atoms with Crippen LogP contribution in [0.25, 0.3) is 0 Å². The van der Waals surface area contributed by atoms with Gasteiger partial charge in [0.1, 0.15) is 0 Å². The summed E-state index contributed by atoms with van der Waals surface area (Å²) in [7, 11) is 1.85. The third-order valence-electron chi connectivity index (χ3n) is 5.56. The highest BCUT2D eigenvalue weighted by atomic mass is 127. The van der Waals surface area contributed by atoms with E-state index in [1.165, 1.54) is 19.3 Å². The number of nitrogens with zero attached hydrogens (tertiary/aromatic N) is 1. The van der Waals surface area contributed by atoms with Crippen LogP contribution in [0.5, 0.6) is 0 Å². The first-order valence-electron chi connectivity index (χ1n) is 8.28. The summed E-state index contributed by atoms with van der Waals surface area (Å²) in [6.45, 7) is 7.77. The lowest BCUT2D eigenvalue weighted by atomic mass is 9.51. The molecule has 22 heavy (non-hydrogen) atoms. The molecule has 0 radical (unpaired) electrons. The summed E-state index contributed by atoms with van der Waals surface area (Å²) in [6, 6.07) is 0.513. The van der Waals surface area contributed by atoms with E-state index >= 15 is 0 Å². The highest BCUT2D eigenvalue weighted by Gasteiger charge is 2.59. The second-order valence-electron chi connectivity index (χ2n) is 7.19. The summed E-state index contributed by atoms with van der Waals surface area (Å²) < 4.78 is 11.2. The summed E-state index contributed by atoms with van der Waals surface area (Å²) in [5.74, 6) is 0.925. The minimum atomic E-state index is 0. The number of halogens is 1. The second kappa shape index (κ2) is 7.21. The zero-order valence-electron chi connectivity index (χ0n) is 14.0. The number of hydrogen-bond donors (Lipinski definition) is 2. The molecule has 0 aromatic heterocycles. The summed E-state index contributed by atoms with van der Waals surface area (Å²) >= 11 is 0. The van der Waals surface area contributed by atoms with Crippen LogP contribution in [0.1, 0.15) is 39.5 Å². The summed E-state index contributed by atoms with van der Waals surface area (Å²) in [6.07, 6.45) is 5.47. The number of rotatable bonds is 5. The molecule has 6 heteroatoms. The van der Waals surface area contributed by atoms with E-state index in [0.29, 0.717) is 17.6 Å². The van der Waals surface area contributed by atoms with Crippen molar-refractivity contribution in [2.75, 3.05) is 33.4 Å². The molecule has 0 aromatic carbocycles. The van der Waals surface area contributed by atoms with Crippen LogP contribution in [0.2, 0.25) is 0 Å². The van der Waals surface area contributed by atoms with E-state index in [2.05, 4.69) is 29.5 Å². The van der Waals surface area contributed by atoms with Crippen LogP contribution in [-0.2, 0) is 9.47 Å². The molecule has 3 fully saturated rings. The Hall–Kier alpha value is -0.0800. The second-order valence-corrected chi connectivity index (χ2v) is 7.19. The maximum absolute atomic E-state index is 5.90. The van der Waals surface area contributed by atoms with E-state index < -0.39 is 0 Å². The number of hydrogen-bond acceptors (Lipinski definition) is 3. The average Bonchev–Trinajstić information content (AvgIpc) is 2.37. The van der Waals surface area contributed by atoms with Crippen molar-refractivity contribution in [3.8, 4) is 0 Å². The number of ether oxygens (including phenoxy) is 2. The molecule has 128 valence electrons. The zero-order chi connectivity index (χ0) is 14.9. The first-order chi connectivity index (χ1) is 10.1. The lowest BCUT2D eigenvalue weighted by Crippen LogP contribution is -2.69. The first kappa shape index (κ1) is 18.3. The molecular weight excluding hydrogens is 393 g/mol. The fourth-order valence-electron chi connectivity index (χ4n) is 3.85. The molecule has 3 aliphatic rings. The minimum Gasteiger partial charge on any atom is -0.380 e. The number of nitrogens with one attached hydrogen (secondary N) is 2. The van der Waals surface area contributed by atoms with Gasteiger partial charge in [0.05, 0.1) is 19.3 Å². The van der Waals surface area contributed by atoms with Crippen LogP contribution in [0, 0.1) is 10.8 Å². The van der Waals surface area contributed by atoms with Gasteiger partial charge in [0.2, 0.25) is 0 Å². The Bertz CT molecular complexity index is 408. The molecule has 1 heterocycles. The van der Waals surface area contributed by atoms with Crippen LogP contribution < -0.4 is 10.6 Å². The molecule has 0 aromatic rings. The van der Waals surface area contributed by atoms with Crippen molar-refractivity contribution in [1.29, 1.82) is 0 Å². The molecule has 2 N–H and O–H groups in total. The van der Waals surface area contributed by atoms with Crippen molar-refractivity contribution in [3.05, 3.63) is 0 Å². The van der Waals surface area contributed by atoms with E-state index in [1.54, 1.807) is 0 Å². The Labute approximate surface area is 151 Å². The molecule has 0 bridgehead atoms. The highest BCUT2D eigenvalue weighted by Crippen LogP contribution is 2.57. The zero-order valence-corrected chi connectivity index (χ0v) is 16.3. The van der Waals surface area contributed by atoms with Crippen molar-refractivity contribution < 1.29 is 9.47 Å². The number of aliphatic imine (C=N–C) groups is 1. The highest BCUT2D eigenvalue weighted by molar-refractivity contribution is 14.0. The van der Waals surface area contributed by atoms with E-state index in [0.717, 1.165) is 38.7 Å². The third kappa shape index (κ3) is 3.24. The van der Waals surface area contributed by atoms with Crippen LogP contribution in [0.15, 0.2) is 4.99 Å². The van der Waals surface area contributed by atoms with Gasteiger partial charge in [0.15, 0.2) is 5.96 Å². The van der Waals surface area contributed by atoms with Gasteiger partial charge in [-0.3, -0.25) is 4.99 Å². The fourth-order valence-corrected chi connectivity index (χ4v) is 3.85.